The zero-order valence-corrected chi connectivity index (χ0v) is 16.5. The number of rotatable bonds is 10. The maximum Gasteiger partial charge on any atom is 0.250 e. The molecule has 0 N–H and O–H groups in total. The summed E-state index contributed by atoms with van der Waals surface area (Å²) in [6.07, 6.45) is 7.26. The van der Waals surface area contributed by atoms with Gasteiger partial charge in [0.15, 0.2) is 0 Å². The molecule has 0 bridgehead atoms. The number of hydrogen-bond acceptors (Lipinski definition) is 0. The summed E-state index contributed by atoms with van der Waals surface area (Å²) in [5, 5.41) is 0. The van der Waals surface area contributed by atoms with Gasteiger partial charge in [-0.15, -0.1) is 0 Å². The van der Waals surface area contributed by atoms with Crippen molar-refractivity contribution < 1.29 is 8.78 Å². The lowest BCUT2D eigenvalue weighted by Gasteiger charge is -2.20. The van der Waals surface area contributed by atoms with Crippen LogP contribution in [-0.4, -0.2) is 5.92 Å². The van der Waals surface area contributed by atoms with E-state index in [4.69, 9.17) is 0 Å². The molecule has 0 radical (unpaired) electrons. The van der Waals surface area contributed by atoms with Crippen LogP contribution in [0.3, 0.4) is 0 Å². The molecule has 0 spiro atoms. The predicted octanol–water partition coefficient (Wildman–Crippen LogP) is 7.96. The Bertz CT molecular complexity index is 220. The van der Waals surface area contributed by atoms with Gasteiger partial charge in [0.2, 0.25) is 5.92 Å². The summed E-state index contributed by atoms with van der Waals surface area (Å²) >= 11 is 0. The van der Waals surface area contributed by atoms with Crippen molar-refractivity contribution >= 4 is 0 Å². The van der Waals surface area contributed by atoms with Gasteiger partial charge >= 0.3 is 0 Å². The first-order chi connectivity index (χ1) is 9.99. The van der Waals surface area contributed by atoms with Crippen molar-refractivity contribution in [2.24, 2.45) is 23.7 Å². The third-order valence-corrected chi connectivity index (χ3v) is 3.95. The van der Waals surface area contributed by atoms with Crippen LogP contribution in [0.1, 0.15) is 100 Å². The van der Waals surface area contributed by atoms with Crippen LogP contribution in [-0.2, 0) is 0 Å². The SMILES string of the molecule is CC(C)CCCC(F)(F)C(C)C.CC(C)CCCCC(C)C. The summed E-state index contributed by atoms with van der Waals surface area (Å²) < 4.78 is 26.0. The Morgan fingerprint density at radius 2 is 0.909 bits per heavy atom. The minimum absolute atomic E-state index is 0.0445. The van der Waals surface area contributed by atoms with E-state index in [1.165, 1.54) is 25.7 Å². The number of halogens is 2. The average Bonchev–Trinajstić information content (AvgIpc) is 2.34. The summed E-state index contributed by atoms with van der Waals surface area (Å²) in [6, 6.07) is 0. The number of unbranched alkanes of at least 4 members (excludes halogenated alkanes) is 1. The fraction of sp³-hybridized carbons (Fsp3) is 1.00. The Kier molecular flexibility index (Phi) is 14.6. The van der Waals surface area contributed by atoms with Gasteiger partial charge in [-0.2, -0.15) is 0 Å². The van der Waals surface area contributed by atoms with Crippen molar-refractivity contribution in [3.05, 3.63) is 0 Å². The molecule has 2 heteroatoms. The lowest BCUT2D eigenvalue weighted by Crippen LogP contribution is -2.23. The quantitative estimate of drug-likeness (QED) is 0.358. The highest BCUT2D eigenvalue weighted by atomic mass is 19.3. The summed E-state index contributed by atoms with van der Waals surface area (Å²) in [4.78, 5) is 0. The van der Waals surface area contributed by atoms with Crippen LogP contribution in [0.4, 0.5) is 8.78 Å². The molecule has 0 aromatic rings. The zero-order valence-electron chi connectivity index (χ0n) is 16.5. The Hall–Kier alpha value is -0.140. The molecule has 0 atom stereocenters. The fourth-order valence-electron chi connectivity index (χ4n) is 2.14. The first kappa shape index (κ1) is 24.1. The van der Waals surface area contributed by atoms with Crippen LogP contribution in [0, 0.1) is 23.7 Å². The minimum Gasteiger partial charge on any atom is -0.207 e. The van der Waals surface area contributed by atoms with E-state index in [0.717, 1.165) is 18.3 Å². The van der Waals surface area contributed by atoms with Gasteiger partial charge in [0, 0.05) is 12.3 Å². The van der Waals surface area contributed by atoms with Gasteiger partial charge in [0.1, 0.15) is 0 Å². The molecule has 136 valence electrons. The third kappa shape index (κ3) is 17.9. The molecule has 22 heavy (non-hydrogen) atoms. The minimum atomic E-state index is -2.46. The molecular formula is C20H42F2. The van der Waals surface area contributed by atoms with Gasteiger partial charge in [-0.3, -0.25) is 0 Å². The van der Waals surface area contributed by atoms with Gasteiger partial charge < -0.3 is 0 Å². The van der Waals surface area contributed by atoms with Gasteiger partial charge in [-0.1, -0.05) is 87.5 Å². The van der Waals surface area contributed by atoms with Crippen LogP contribution >= 0.6 is 0 Å². The second kappa shape index (κ2) is 13.3. The second-order valence-electron chi connectivity index (χ2n) is 8.27. The van der Waals surface area contributed by atoms with E-state index in [2.05, 4.69) is 41.5 Å². The van der Waals surface area contributed by atoms with Crippen molar-refractivity contribution in [1.82, 2.24) is 0 Å². The Morgan fingerprint density at radius 3 is 1.18 bits per heavy atom. The summed E-state index contributed by atoms with van der Waals surface area (Å²) in [6.45, 7) is 16.5. The van der Waals surface area contributed by atoms with Crippen molar-refractivity contribution in [2.45, 2.75) is 106 Å². The molecule has 0 fully saturated rings. The van der Waals surface area contributed by atoms with Gasteiger partial charge in [0.25, 0.3) is 0 Å². The molecule has 0 aliphatic carbocycles. The van der Waals surface area contributed by atoms with E-state index in [-0.39, 0.29) is 6.42 Å². The van der Waals surface area contributed by atoms with E-state index in [9.17, 15) is 8.78 Å². The van der Waals surface area contributed by atoms with Crippen molar-refractivity contribution in [3.8, 4) is 0 Å². The van der Waals surface area contributed by atoms with Crippen LogP contribution in [0.2, 0.25) is 0 Å². The maximum atomic E-state index is 13.0. The maximum absolute atomic E-state index is 13.0. The van der Waals surface area contributed by atoms with Crippen molar-refractivity contribution in [3.63, 3.8) is 0 Å². The highest BCUT2D eigenvalue weighted by Gasteiger charge is 2.32. The molecule has 0 aromatic heterocycles. The van der Waals surface area contributed by atoms with E-state index in [1.54, 1.807) is 13.8 Å². The Balaban J connectivity index is 0. The predicted molar refractivity (Wildman–Crippen MR) is 96.6 cm³/mol. The van der Waals surface area contributed by atoms with Crippen molar-refractivity contribution in [2.75, 3.05) is 0 Å². The van der Waals surface area contributed by atoms with E-state index in [0.29, 0.717) is 12.3 Å². The van der Waals surface area contributed by atoms with Gasteiger partial charge in [-0.25, -0.2) is 8.78 Å². The normalized spacial score (nSPS) is 12.3. The standard InChI is InChI=1S/C10H20F2.C10H22/c1-8(2)6-5-7-10(11,12)9(3)4;1-9(2)7-5-6-8-10(3)4/h8-9H,5-7H2,1-4H3;9-10H,5-8H2,1-4H3. The molecule has 0 aliphatic rings. The molecule has 0 rings (SSSR count). The summed E-state index contributed by atoms with van der Waals surface area (Å²) in [5.74, 6) is -0.661. The molecule has 0 heterocycles. The number of alkyl halides is 2. The molecular weight excluding hydrogens is 278 g/mol. The van der Waals surface area contributed by atoms with Crippen LogP contribution in [0.25, 0.3) is 0 Å². The first-order valence-electron chi connectivity index (χ1n) is 9.36. The smallest absolute Gasteiger partial charge is 0.207 e. The van der Waals surface area contributed by atoms with E-state index < -0.39 is 11.8 Å². The van der Waals surface area contributed by atoms with Crippen LogP contribution in [0.5, 0.6) is 0 Å². The summed E-state index contributed by atoms with van der Waals surface area (Å²) in [7, 11) is 0. The largest absolute Gasteiger partial charge is 0.250 e. The average molecular weight is 321 g/mol. The Morgan fingerprint density at radius 1 is 0.591 bits per heavy atom. The molecule has 0 amide bonds. The number of hydrogen-bond donors (Lipinski definition) is 0. The lowest BCUT2D eigenvalue weighted by atomic mass is 9.97. The molecule has 0 aromatic carbocycles. The zero-order chi connectivity index (χ0) is 17.8. The third-order valence-electron chi connectivity index (χ3n) is 3.95. The topological polar surface area (TPSA) is 0 Å². The lowest BCUT2D eigenvalue weighted by molar-refractivity contribution is -0.0544. The van der Waals surface area contributed by atoms with Gasteiger partial charge in [0.05, 0.1) is 0 Å². The molecule has 0 nitrogen and oxygen atoms in total. The highest BCUT2D eigenvalue weighted by Crippen LogP contribution is 2.30. The van der Waals surface area contributed by atoms with Crippen LogP contribution in [0.15, 0.2) is 0 Å². The first-order valence-corrected chi connectivity index (χ1v) is 9.36. The highest BCUT2D eigenvalue weighted by molar-refractivity contribution is 4.70. The fourth-order valence-corrected chi connectivity index (χ4v) is 2.14. The van der Waals surface area contributed by atoms with Gasteiger partial charge in [-0.05, 0) is 24.2 Å². The van der Waals surface area contributed by atoms with E-state index in [1.807, 2.05) is 0 Å². The summed E-state index contributed by atoms with van der Waals surface area (Å²) in [5.41, 5.74) is 0. The molecule has 0 unspecified atom stereocenters. The molecule has 0 saturated carbocycles. The van der Waals surface area contributed by atoms with Crippen molar-refractivity contribution in [1.29, 1.82) is 0 Å². The molecule has 0 aliphatic heterocycles. The van der Waals surface area contributed by atoms with E-state index >= 15 is 0 Å². The van der Waals surface area contributed by atoms with Crippen LogP contribution < -0.4 is 0 Å². The second-order valence-corrected chi connectivity index (χ2v) is 8.27. The molecule has 0 saturated heterocycles. The monoisotopic (exact) mass is 320 g/mol. The Labute approximate surface area is 139 Å².